The van der Waals surface area contributed by atoms with E-state index in [-0.39, 0.29) is 18.4 Å². The lowest BCUT2D eigenvalue weighted by Gasteiger charge is -2.13. The van der Waals surface area contributed by atoms with Crippen molar-refractivity contribution in [3.63, 3.8) is 0 Å². The Hall–Kier alpha value is -3.81. The number of hydrogen-bond donors (Lipinski definition) is 3. The number of carbonyl (C=O) groups excluding carboxylic acids is 3. The van der Waals surface area contributed by atoms with Gasteiger partial charge in [-0.05, 0) is 35.7 Å². The molecule has 160 valence electrons. The lowest BCUT2D eigenvalue weighted by atomic mass is 10.1. The summed E-state index contributed by atoms with van der Waals surface area (Å²) in [5, 5.41) is 6.46. The molecule has 3 aromatic rings. The molecule has 0 spiro atoms. The van der Waals surface area contributed by atoms with Crippen molar-refractivity contribution in [2.45, 2.75) is 18.9 Å². The van der Waals surface area contributed by atoms with E-state index in [9.17, 15) is 14.4 Å². The third kappa shape index (κ3) is 4.53. The minimum absolute atomic E-state index is 0.294. The van der Waals surface area contributed by atoms with Crippen LogP contribution in [0.2, 0.25) is 0 Å². The van der Waals surface area contributed by atoms with Crippen LogP contribution in [0.25, 0.3) is 10.9 Å². The number of aromatic nitrogens is 1. The first-order valence-corrected chi connectivity index (χ1v) is 10.1. The number of benzene rings is 2. The first kappa shape index (κ1) is 20.5. The van der Waals surface area contributed by atoms with Gasteiger partial charge in [-0.3, -0.25) is 14.5 Å². The van der Waals surface area contributed by atoms with Crippen LogP contribution in [0, 0.1) is 0 Å². The lowest BCUT2D eigenvalue weighted by molar-refractivity contribution is -0.132. The SMILES string of the molecule is COc1ccc(CCNC(=O)CN2C(=O)N[C@H](Cc3c[nH]c4ccccc34)C2=O)cc1. The van der Waals surface area contributed by atoms with E-state index in [0.29, 0.717) is 19.4 Å². The van der Waals surface area contributed by atoms with E-state index >= 15 is 0 Å². The van der Waals surface area contributed by atoms with Crippen LogP contribution >= 0.6 is 0 Å². The summed E-state index contributed by atoms with van der Waals surface area (Å²) in [5.41, 5.74) is 2.97. The quantitative estimate of drug-likeness (QED) is 0.485. The largest absolute Gasteiger partial charge is 0.497 e. The van der Waals surface area contributed by atoms with Crippen LogP contribution in [0.3, 0.4) is 0 Å². The molecule has 1 aliphatic heterocycles. The number of H-pyrrole nitrogens is 1. The number of fused-ring (bicyclic) bond motifs is 1. The highest BCUT2D eigenvalue weighted by Crippen LogP contribution is 2.21. The number of methoxy groups -OCH3 is 1. The van der Waals surface area contributed by atoms with E-state index in [1.165, 1.54) is 0 Å². The average molecular weight is 420 g/mol. The van der Waals surface area contributed by atoms with E-state index in [0.717, 1.165) is 32.7 Å². The second-order valence-corrected chi connectivity index (χ2v) is 7.44. The molecule has 0 unspecified atom stereocenters. The van der Waals surface area contributed by atoms with Crippen molar-refractivity contribution in [1.82, 2.24) is 20.5 Å². The molecular weight excluding hydrogens is 396 g/mol. The molecule has 8 nitrogen and oxygen atoms in total. The highest BCUT2D eigenvalue weighted by Gasteiger charge is 2.39. The zero-order valence-electron chi connectivity index (χ0n) is 17.2. The Kier molecular flexibility index (Phi) is 5.88. The van der Waals surface area contributed by atoms with Gasteiger partial charge >= 0.3 is 6.03 Å². The molecule has 4 amide bonds. The second kappa shape index (κ2) is 8.91. The minimum Gasteiger partial charge on any atom is -0.497 e. The van der Waals surface area contributed by atoms with Gasteiger partial charge in [-0.2, -0.15) is 0 Å². The summed E-state index contributed by atoms with van der Waals surface area (Å²) in [4.78, 5) is 41.4. The fourth-order valence-electron chi connectivity index (χ4n) is 3.72. The van der Waals surface area contributed by atoms with Crippen molar-refractivity contribution >= 4 is 28.7 Å². The van der Waals surface area contributed by atoms with Crippen LogP contribution in [0.1, 0.15) is 11.1 Å². The molecule has 1 saturated heterocycles. The number of aromatic amines is 1. The maximum absolute atomic E-state index is 12.7. The standard InChI is InChI=1S/C23H24N4O4/c1-31-17-8-6-15(7-9-17)10-11-24-21(28)14-27-22(29)20(26-23(27)30)12-16-13-25-19-5-3-2-4-18(16)19/h2-9,13,20,25H,10-12,14H2,1H3,(H,24,28)(H,26,30)/t20-/m1/s1. The Morgan fingerprint density at radius 2 is 1.90 bits per heavy atom. The van der Waals surface area contributed by atoms with Crippen LogP contribution in [0.5, 0.6) is 5.75 Å². The Bertz CT molecular complexity index is 1110. The number of nitrogens with one attached hydrogen (secondary N) is 3. The summed E-state index contributed by atoms with van der Waals surface area (Å²) in [6.45, 7) is 0.116. The molecule has 1 aromatic heterocycles. The molecule has 3 N–H and O–H groups in total. The number of nitrogens with zero attached hydrogens (tertiary/aromatic N) is 1. The normalized spacial score (nSPS) is 15.9. The second-order valence-electron chi connectivity index (χ2n) is 7.44. The number of hydrogen-bond acceptors (Lipinski definition) is 4. The fourth-order valence-corrected chi connectivity index (χ4v) is 3.72. The molecule has 0 saturated carbocycles. The average Bonchev–Trinajstić information content (AvgIpc) is 3.30. The number of carbonyl (C=O) groups is 3. The smallest absolute Gasteiger partial charge is 0.325 e. The van der Waals surface area contributed by atoms with Crippen molar-refractivity contribution < 1.29 is 19.1 Å². The maximum atomic E-state index is 12.7. The number of rotatable bonds is 8. The molecular formula is C23H24N4O4. The number of para-hydroxylation sites is 1. The summed E-state index contributed by atoms with van der Waals surface area (Å²) in [6, 6.07) is 14.1. The van der Waals surface area contributed by atoms with Gasteiger partial charge in [0.15, 0.2) is 0 Å². The molecule has 1 atom stereocenters. The van der Waals surface area contributed by atoms with Gasteiger partial charge in [0.2, 0.25) is 5.91 Å². The zero-order valence-corrected chi connectivity index (χ0v) is 17.2. The van der Waals surface area contributed by atoms with Crippen molar-refractivity contribution in [2.75, 3.05) is 20.2 Å². The number of ether oxygens (including phenoxy) is 1. The molecule has 0 bridgehead atoms. The summed E-state index contributed by atoms with van der Waals surface area (Å²) >= 11 is 0. The molecule has 1 fully saturated rings. The Labute approximate surface area is 179 Å². The maximum Gasteiger partial charge on any atom is 0.325 e. The van der Waals surface area contributed by atoms with E-state index in [4.69, 9.17) is 4.74 Å². The van der Waals surface area contributed by atoms with Gasteiger partial charge in [-0.25, -0.2) is 4.79 Å². The van der Waals surface area contributed by atoms with Gasteiger partial charge in [0.05, 0.1) is 7.11 Å². The fraction of sp³-hybridized carbons (Fsp3) is 0.261. The van der Waals surface area contributed by atoms with Gasteiger partial charge < -0.3 is 20.4 Å². The Morgan fingerprint density at radius 1 is 1.13 bits per heavy atom. The Morgan fingerprint density at radius 3 is 2.68 bits per heavy atom. The third-order valence-electron chi connectivity index (χ3n) is 5.40. The van der Waals surface area contributed by atoms with E-state index in [1.807, 2.05) is 54.7 Å². The van der Waals surface area contributed by atoms with Gasteiger partial charge in [0.1, 0.15) is 18.3 Å². The van der Waals surface area contributed by atoms with Crippen molar-refractivity contribution in [1.29, 1.82) is 0 Å². The summed E-state index contributed by atoms with van der Waals surface area (Å²) < 4.78 is 5.12. The van der Waals surface area contributed by atoms with Gasteiger partial charge in [-0.15, -0.1) is 0 Å². The van der Waals surface area contributed by atoms with Crippen LogP contribution in [-0.2, 0) is 22.4 Å². The van der Waals surface area contributed by atoms with Crippen molar-refractivity contribution in [3.8, 4) is 5.75 Å². The molecule has 0 radical (unpaired) electrons. The van der Waals surface area contributed by atoms with Crippen molar-refractivity contribution in [2.24, 2.45) is 0 Å². The predicted octanol–water partition coefficient (Wildman–Crippen LogP) is 2.00. The van der Waals surface area contributed by atoms with E-state index in [1.54, 1.807) is 7.11 Å². The molecule has 1 aliphatic rings. The molecule has 4 rings (SSSR count). The van der Waals surface area contributed by atoms with Gasteiger partial charge in [0.25, 0.3) is 5.91 Å². The number of imide groups is 1. The van der Waals surface area contributed by atoms with E-state index < -0.39 is 12.1 Å². The highest BCUT2D eigenvalue weighted by atomic mass is 16.5. The van der Waals surface area contributed by atoms with Crippen molar-refractivity contribution in [3.05, 3.63) is 65.9 Å². The summed E-state index contributed by atoms with van der Waals surface area (Å²) in [5.74, 6) is 0.0128. The summed E-state index contributed by atoms with van der Waals surface area (Å²) in [7, 11) is 1.61. The third-order valence-corrected chi connectivity index (χ3v) is 5.40. The zero-order chi connectivity index (χ0) is 21.8. The monoisotopic (exact) mass is 420 g/mol. The van der Waals surface area contributed by atoms with Crippen LogP contribution in [0.4, 0.5) is 4.79 Å². The molecule has 2 heterocycles. The van der Waals surface area contributed by atoms with Gasteiger partial charge in [0, 0.05) is 30.1 Å². The Balaban J connectivity index is 1.29. The first-order chi connectivity index (χ1) is 15.0. The number of amides is 4. The molecule has 8 heteroatoms. The predicted molar refractivity (Wildman–Crippen MR) is 116 cm³/mol. The van der Waals surface area contributed by atoms with Crippen LogP contribution < -0.4 is 15.4 Å². The molecule has 31 heavy (non-hydrogen) atoms. The van der Waals surface area contributed by atoms with E-state index in [2.05, 4.69) is 15.6 Å². The molecule has 2 aromatic carbocycles. The highest BCUT2D eigenvalue weighted by molar-refractivity contribution is 6.06. The minimum atomic E-state index is -0.682. The first-order valence-electron chi connectivity index (χ1n) is 10.1. The lowest BCUT2D eigenvalue weighted by Crippen LogP contribution is -2.41. The van der Waals surface area contributed by atoms with Gasteiger partial charge in [-0.1, -0.05) is 30.3 Å². The molecule has 0 aliphatic carbocycles. The van der Waals surface area contributed by atoms with Crippen LogP contribution in [0.15, 0.2) is 54.7 Å². The summed E-state index contributed by atoms with van der Waals surface area (Å²) in [6.07, 6.45) is 2.85. The topological polar surface area (TPSA) is 104 Å². The number of urea groups is 1. The van der Waals surface area contributed by atoms with Crippen LogP contribution in [-0.4, -0.2) is 54.0 Å².